The molecular formula is C9H18N2O2. The van der Waals surface area contributed by atoms with Crippen LogP contribution in [0.2, 0.25) is 0 Å². The smallest absolute Gasteiger partial charge is 0.404 e. The molecule has 0 aliphatic heterocycles. The van der Waals surface area contributed by atoms with Crippen LogP contribution in [0.4, 0.5) is 4.79 Å². The van der Waals surface area contributed by atoms with E-state index in [-0.39, 0.29) is 0 Å². The van der Waals surface area contributed by atoms with E-state index in [4.69, 9.17) is 5.11 Å². The van der Waals surface area contributed by atoms with Gasteiger partial charge >= 0.3 is 6.09 Å². The minimum Gasteiger partial charge on any atom is -0.465 e. The Balaban J connectivity index is 2.02. The lowest BCUT2D eigenvalue weighted by Gasteiger charge is -2.37. The van der Waals surface area contributed by atoms with Crippen LogP contribution in [0.1, 0.15) is 26.7 Å². The van der Waals surface area contributed by atoms with E-state index >= 15 is 0 Å². The second kappa shape index (κ2) is 4.46. The second-order valence-electron chi connectivity index (χ2n) is 4.04. The minimum absolute atomic E-state index is 0.526. The largest absolute Gasteiger partial charge is 0.465 e. The summed E-state index contributed by atoms with van der Waals surface area (Å²) in [5, 5.41) is 14.2. The molecule has 3 N–H and O–H groups in total. The highest BCUT2D eigenvalue weighted by atomic mass is 16.4. The maximum absolute atomic E-state index is 10.2. The Kier molecular flexibility index (Phi) is 3.54. The molecule has 0 aromatic rings. The van der Waals surface area contributed by atoms with E-state index in [2.05, 4.69) is 24.5 Å². The number of nitrogens with one attached hydrogen (secondary N) is 2. The van der Waals surface area contributed by atoms with Crippen molar-refractivity contribution in [2.75, 3.05) is 6.54 Å². The van der Waals surface area contributed by atoms with Gasteiger partial charge in [0.2, 0.25) is 0 Å². The summed E-state index contributed by atoms with van der Waals surface area (Å²) in [6, 6.07) is 1.12. The summed E-state index contributed by atoms with van der Waals surface area (Å²) in [6.45, 7) is 4.86. The summed E-state index contributed by atoms with van der Waals surface area (Å²) in [4.78, 5) is 10.2. The van der Waals surface area contributed by atoms with Crippen LogP contribution in [0.3, 0.4) is 0 Å². The SMILES string of the molecule is CC(C)N[C@H]1C[C@H](CNC(=O)O)C1. The summed E-state index contributed by atoms with van der Waals surface area (Å²) in [5.41, 5.74) is 0. The van der Waals surface area contributed by atoms with E-state index in [9.17, 15) is 4.79 Å². The third kappa shape index (κ3) is 3.63. The van der Waals surface area contributed by atoms with E-state index in [1.54, 1.807) is 0 Å². The molecule has 0 bridgehead atoms. The quantitative estimate of drug-likeness (QED) is 0.614. The summed E-state index contributed by atoms with van der Waals surface area (Å²) >= 11 is 0. The zero-order valence-corrected chi connectivity index (χ0v) is 8.21. The van der Waals surface area contributed by atoms with E-state index in [0.29, 0.717) is 24.5 Å². The average Bonchev–Trinajstić information content (AvgIpc) is 1.92. The van der Waals surface area contributed by atoms with Gasteiger partial charge in [-0.1, -0.05) is 13.8 Å². The predicted octanol–water partition coefficient (Wildman–Crippen LogP) is 1.03. The Morgan fingerprint density at radius 3 is 2.62 bits per heavy atom. The zero-order chi connectivity index (χ0) is 9.84. The molecular weight excluding hydrogens is 168 g/mol. The molecule has 0 unspecified atom stereocenters. The van der Waals surface area contributed by atoms with Gasteiger partial charge < -0.3 is 15.7 Å². The van der Waals surface area contributed by atoms with Gasteiger partial charge in [-0.3, -0.25) is 0 Å². The molecule has 1 saturated carbocycles. The molecule has 0 saturated heterocycles. The molecule has 1 amide bonds. The standard InChI is InChI=1S/C9H18N2O2/c1-6(2)11-8-3-7(4-8)5-10-9(12)13/h6-8,10-11H,3-5H2,1-2H3,(H,12,13)/t7-,8-. The normalized spacial score (nSPS) is 27.0. The molecule has 1 rings (SSSR count). The molecule has 0 heterocycles. The van der Waals surface area contributed by atoms with Gasteiger partial charge in [0, 0.05) is 18.6 Å². The molecule has 4 nitrogen and oxygen atoms in total. The van der Waals surface area contributed by atoms with Crippen LogP contribution in [-0.4, -0.2) is 29.8 Å². The van der Waals surface area contributed by atoms with E-state index in [1.165, 1.54) is 0 Å². The lowest BCUT2D eigenvalue weighted by molar-refractivity contribution is 0.175. The molecule has 1 aliphatic rings. The first kappa shape index (κ1) is 10.3. The Hall–Kier alpha value is -0.770. The maximum atomic E-state index is 10.2. The van der Waals surface area contributed by atoms with Crippen molar-refractivity contribution in [1.29, 1.82) is 0 Å². The third-order valence-electron chi connectivity index (χ3n) is 2.35. The van der Waals surface area contributed by atoms with Crippen molar-refractivity contribution in [2.45, 2.75) is 38.8 Å². The molecule has 0 spiro atoms. The number of hydrogen-bond acceptors (Lipinski definition) is 2. The molecule has 13 heavy (non-hydrogen) atoms. The van der Waals surface area contributed by atoms with Gasteiger partial charge in [0.05, 0.1) is 0 Å². The lowest BCUT2D eigenvalue weighted by atomic mass is 9.80. The highest BCUT2D eigenvalue weighted by Gasteiger charge is 2.29. The summed E-state index contributed by atoms with van der Waals surface area (Å²) in [7, 11) is 0. The molecule has 0 aromatic heterocycles. The second-order valence-corrected chi connectivity index (χ2v) is 4.04. The monoisotopic (exact) mass is 186 g/mol. The van der Waals surface area contributed by atoms with Gasteiger partial charge in [-0.15, -0.1) is 0 Å². The van der Waals surface area contributed by atoms with Crippen LogP contribution in [0.15, 0.2) is 0 Å². The predicted molar refractivity (Wildman–Crippen MR) is 50.8 cm³/mol. The van der Waals surface area contributed by atoms with Crippen LogP contribution < -0.4 is 10.6 Å². The van der Waals surface area contributed by atoms with Crippen molar-refractivity contribution in [2.24, 2.45) is 5.92 Å². The van der Waals surface area contributed by atoms with Crippen LogP contribution in [-0.2, 0) is 0 Å². The van der Waals surface area contributed by atoms with Gasteiger partial charge in [-0.25, -0.2) is 4.79 Å². The fourth-order valence-electron chi connectivity index (χ4n) is 1.74. The van der Waals surface area contributed by atoms with Crippen LogP contribution in [0.25, 0.3) is 0 Å². The fraction of sp³-hybridized carbons (Fsp3) is 0.889. The van der Waals surface area contributed by atoms with Crippen molar-refractivity contribution in [3.05, 3.63) is 0 Å². The fourth-order valence-corrected chi connectivity index (χ4v) is 1.74. The van der Waals surface area contributed by atoms with Crippen LogP contribution in [0.5, 0.6) is 0 Å². The van der Waals surface area contributed by atoms with Crippen LogP contribution in [0, 0.1) is 5.92 Å². The van der Waals surface area contributed by atoms with Crippen molar-refractivity contribution >= 4 is 6.09 Å². The van der Waals surface area contributed by atoms with Crippen molar-refractivity contribution in [3.63, 3.8) is 0 Å². The van der Waals surface area contributed by atoms with E-state index < -0.39 is 6.09 Å². The molecule has 76 valence electrons. The Morgan fingerprint density at radius 2 is 2.15 bits per heavy atom. The molecule has 4 heteroatoms. The highest BCUT2D eigenvalue weighted by Crippen LogP contribution is 2.26. The van der Waals surface area contributed by atoms with Gasteiger partial charge in [-0.05, 0) is 18.8 Å². The Morgan fingerprint density at radius 1 is 1.54 bits per heavy atom. The number of carbonyl (C=O) groups is 1. The first-order valence-electron chi connectivity index (χ1n) is 4.80. The Labute approximate surface area is 78.7 Å². The van der Waals surface area contributed by atoms with E-state index in [1.807, 2.05) is 0 Å². The molecule has 0 radical (unpaired) electrons. The minimum atomic E-state index is -0.916. The maximum Gasteiger partial charge on any atom is 0.404 e. The average molecular weight is 186 g/mol. The first-order chi connectivity index (χ1) is 6.08. The van der Waals surface area contributed by atoms with Gasteiger partial charge in [-0.2, -0.15) is 0 Å². The highest BCUT2D eigenvalue weighted by molar-refractivity contribution is 5.64. The number of carboxylic acid groups (broad SMARTS) is 1. The number of amides is 1. The van der Waals surface area contributed by atoms with Crippen LogP contribution >= 0.6 is 0 Å². The topological polar surface area (TPSA) is 61.4 Å². The lowest BCUT2D eigenvalue weighted by Crippen LogP contribution is -2.47. The number of rotatable bonds is 4. The van der Waals surface area contributed by atoms with Crippen molar-refractivity contribution < 1.29 is 9.90 Å². The Bertz CT molecular complexity index is 176. The summed E-state index contributed by atoms with van der Waals surface area (Å²) in [5.74, 6) is 0.535. The zero-order valence-electron chi connectivity index (χ0n) is 8.21. The van der Waals surface area contributed by atoms with Gasteiger partial charge in [0.25, 0.3) is 0 Å². The van der Waals surface area contributed by atoms with E-state index in [0.717, 1.165) is 12.8 Å². The summed E-state index contributed by atoms with van der Waals surface area (Å²) < 4.78 is 0. The molecule has 1 fully saturated rings. The molecule has 0 atom stereocenters. The summed E-state index contributed by atoms with van der Waals surface area (Å²) in [6.07, 6.45) is 1.27. The molecule has 0 aromatic carbocycles. The third-order valence-corrected chi connectivity index (χ3v) is 2.35. The first-order valence-corrected chi connectivity index (χ1v) is 4.80. The van der Waals surface area contributed by atoms with Gasteiger partial charge in [0.1, 0.15) is 0 Å². The van der Waals surface area contributed by atoms with Gasteiger partial charge in [0.15, 0.2) is 0 Å². The van der Waals surface area contributed by atoms with Crippen molar-refractivity contribution in [3.8, 4) is 0 Å². The number of hydrogen-bond donors (Lipinski definition) is 3. The van der Waals surface area contributed by atoms with Crippen molar-refractivity contribution in [1.82, 2.24) is 10.6 Å². The molecule has 1 aliphatic carbocycles.